The number of benzene rings is 1. The Morgan fingerprint density at radius 1 is 0.786 bits per heavy atom. The van der Waals surface area contributed by atoms with Crippen LogP contribution in [-0.2, 0) is 6.42 Å². The largest absolute Gasteiger partial charge is 1.00 e. The Morgan fingerprint density at radius 2 is 1.14 bits per heavy atom. The van der Waals surface area contributed by atoms with Gasteiger partial charge < -0.3 is 45.8 Å². The molecule has 28 heavy (non-hydrogen) atoms. The quantitative estimate of drug-likeness (QED) is 0.263. The fourth-order valence-electron chi connectivity index (χ4n) is 1.35. The molecule has 1 N–H and O–H groups in total. The van der Waals surface area contributed by atoms with Crippen LogP contribution in [0.15, 0.2) is 56.7 Å². The minimum absolute atomic E-state index is 0. The molecule has 2 rings (SSSR count). The summed E-state index contributed by atoms with van der Waals surface area (Å²) in [5, 5.41) is 39.3. The maximum atomic E-state index is 8.00. The molecule has 14 nitrogen and oxygen atoms in total. The molecule has 1 heterocycles. The topological polar surface area (TPSA) is 234 Å². The molecular formula is C10H12N6Na4O8. The molecule has 1 aromatic carbocycles. The number of nitrogens with one attached hydrogen (secondary N) is 1. The third kappa shape index (κ3) is 45.2. The predicted molar refractivity (Wildman–Crippen MR) is 87.1 cm³/mol. The van der Waals surface area contributed by atoms with Gasteiger partial charge in [0.15, 0.2) is 0 Å². The van der Waals surface area contributed by atoms with Crippen LogP contribution in [0, 0.1) is 40.5 Å². The molecule has 0 bridgehead atoms. The van der Waals surface area contributed by atoms with Crippen LogP contribution in [0.1, 0.15) is 5.56 Å². The average molecular weight is 436 g/mol. The zero-order valence-corrected chi connectivity index (χ0v) is 24.0. The van der Waals surface area contributed by atoms with Crippen molar-refractivity contribution < 1.29 is 118 Å². The van der Waals surface area contributed by atoms with Crippen molar-refractivity contribution in [3.8, 4) is 0 Å². The summed E-state index contributed by atoms with van der Waals surface area (Å²) in [6.45, 7) is 1.93. The average Bonchev–Trinajstić information content (AvgIpc) is 3.04. The Hall–Kier alpha value is 0.290. The summed E-state index contributed by atoms with van der Waals surface area (Å²) in [6, 6.07) is 10.4. The van der Waals surface area contributed by atoms with Gasteiger partial charge in [-0.15, -0.1) is 21.4 Å². The second-order valence-corrected chi connectivity index (χ2v) is 3.22. The van der Waals surface area contributed by atoms with Crippen LogP contribution in [-0.4, -0.2) is 18.9 Å². The standard InChI is InChI=1S/C10H12N2.4HNO2.4Na/c1-2-4-9(5-3-1)8-10-11-6-7-12-10;4*2-1-3;;;;/h1-5H,6-8H2,(H,11,12);4*(H,2,3);;;;/q;;;;;4*+1/p-4. The van der Waals surface area contributed by atoms with E-state index in [1.54, 1.807) is 0 Å². The molecule has 0 aromatic heterocycles. The zero-order valence-electron chi connectivity index (χ0n) is 16.0. The van der Waals surface area contributed by atoms with Gasteiger partial charge in [0.25, 0.3) is 0 Å². The molecule has 0 aliphatic carbocycles. The Bertz CT molecular complexity index is 450. The molecule has 134 valence electrons. The van der Waals surface area contributed by atoms with E-state index in [0.29, 0.717) is 0 Å². The van der Waals surface area contributed by atoms with Gasteiger partial charge in [-0.05, 0) is 5.56 Å². The Morgan fingerprint density at radius 3 is 1.43 bits per heavy atom. The van der Waals surface area contributed by atoms with E-state index in [0.717, 1.165) is 46.7 Å². The fourth-order valence-corrected chi connectivity index (χ4v) is 1.35. The minimum Gasteiger partial charge on any atom is -0.444 e. The predicted octanol–water partition coefficient (Wildman–Crippen LogP) is -9.75. The Labute approximate surface area is 248 Å². The van der Waals surface area contributed by atoms with E-state index in [4.69, 9.17) is 40.5 Å². The van der Waals surface area contributed by atoms with Crippen LogP contribution in [0.2, 0.25) is 0 Å². The number of hydrogen-bond acceptors (Lipinski definition) is 14. The normalized spacial score (nSPS) is 8.36. The molecule has 1 aliphatic rings. The van der Waals surface area contributed by atoms with Crippen molar-refractivity contribution in [2.45, 2.75) is 6.42 Å². The van der Waals surface area contributed by atoms with Crippen LogP contribution in [0.3, 0.4) is 0 Å². The third-order valence-electron chi connectivity index (χ3n) is 1.96. The van der Waals surface area contributed by atoms with E-state index in [-0.39, 0.29) is 118 Å². The number of aliphatic imine (C=N–C) groups is 1. The van der Waals surface area contributed by atoms with Gasteiger partial charge in [-0.1, -0.05) is 30.3 Å². The van der Waals surface area contributed by atoms with Crippen molar-refractivity contribution in [2.24, 2.45) is 26.4 Å². The molecule has 1 aromatic rings. The van der Waals surface area contributed by atoms with Crippen molar-refractivity contribution in [1.29, 1.82) is 0 Å². The van der Waals surface area contributed by atoms with Crippen LogP contribution < -0.4 is 124 Å². The fraction of sp³-hybridized carbons (Fsp3) is 0.300. The van der Waals surface area contributed by atoms with Crippen molar-refractivity contribution >= 4 is 5.84 Å². The van der Waals surface area contributed by atoms with Crippen LogP contribution >= 0.6 is 0 Å². The van der Waals surface area contributed by atoms with Gasteiger partial charge >= 0.3 is 118 Å². The van der Waals surface area contributed by atoms with E-state index < -0.39 is 0 Å². The number of nitrogens with zero attached hydrogens (tertiary/aromatic N) is 5. The molecule has 0 radical (unpaired) electrons. The van der Waals surface area contributed by atoms with Crippen LogP contribution in [0.25, 0.3) is 0 Å². The monoisotopic (exact) mass is 436 g/mol. The maximum Gasteiger partial charge on any atom is 1.00 e. The third-order valence-corrected chi connectivity index (χ3v) is 1.96. The summed E-state index contributed by atoms with van der Waals surface area (Å²) in [4.78, 5) is 36.3. The first kappa shape index (κ1) is 46.5. The Balaban J connectivity index is -0.0000000476. The SMILES string of the molecule is O=N[O-].O=N[O-].O=N[O-].O=N[O-].[Na+].[Na+].[Na+].[Na+].c1ccc(CC2=NCCN2)cc1. The van der Waals surface area contributed by atoms with Gasteiger partial charge in [0, 0.05) is 13.0 Å². The van der Waals surface area contributed by atoms with Crippen LogP contribution in [0.5, 0.6) is 0 Å². The van der Waals surface area contributed by atoms with E-state index in [1.807, 2.05) is 6.07 Å². The molecule has 0 fully saturated rings. The van der Waals surface area contributed by atoms with Gasteiger partial charge in [0.1, 0.15) is 5.84 Å². The van der Waals surface area contributed by atoms with Gasteiger partial charge in [-0.25, -0.2) is 0 Å². The van der Waals surface area contributed by atoms with Crippen molar-refractivity contribution in [3.05, 3.63) is 76.4 Å². The van der Waals surface area contributed by atoms with E-state index in [2.05, 4.69) is 34.6 Å². The minimum atomic E-state index is 0. The van der Waals surface area contributed by atoms with Gasteiger partial charge in [-0.3, -0.25) is 4.99 Å². The van der Waals surface area contributed by atoms with Crippen molar-refractivity contribution in [2.75, 3.05) is 13.1 Å². The number of amidine groups is 1. The van der Waals surface area contributed by atoms with E-state index in [1.165, 1.54) is 5.56 Å². The number of hydrogen-bond donors (Lipinski definition) is 1. The van der Waals surface area contributed by atoms with Gasteiger partial charge in [0.05, 0.1) is 6.54 Å². The molecule has 0 atom stereocenters. The molecule has 0 amide bonds. The smallest absolute Gasteiger partial charge is 0.444 e. The van der Waals surface area contributed by atoms with Crippen molar-refractivity contribution in [3.63, 3.8) is 0 Å². The van der Waals surface area contributed by atoms with E-state index >= 15 is 0 Å². The first-order chi connectivity index (χ1) is 11.6. The molecule has 0 unspecified atom stereocenters. The second-order valence-electron chi connectivity index (χ2n) is 3.22. The van der Waals surface area contributed by atoms with Gasteiger partial charge in [0.2, 0.25) is 0 Å². The first-order valence-corrected chi connectivity index (χ1v) is 5.72. The molecule has 0 saturated carbocycles. The maximum absolute atomic E-state index is 8.00. The summed E-state index contributed by atoms with van der Waals surface area (Å²) in [7, 11) is 0. The number of rotatable bonds is 2. The first-order valence-electron chi connectivity index (χ1n) is 5.72. The van der Waals surface area contributed by atoms with E-state index in [9.17, 15) is 0 Å². The summed E-state index contributed by atoms with van der Waals surface area (Å²) >= 11 is 0. The van der Waals surface area contributed by atoms with Gasteiger partial charge in [-0.2, -0.15) is 0 Å². The summed E-state index contributed by atoms with van der Waals surface area (Å²) in [5.74, 6) is 1.13. The molecule has 0 spiro atoms. The molecule has 0 saturated heterocycles. The van der Waals surface area contributed by atoms with Crippen molar-refractivity contribution in [1.82, 2.24) is 5.32 Å². The summed E-state index contributed by atoms with van der Waals surface area (Å²) < 4.78 is 0. The zero-order chi connectivity index (χ0) is 19.1. The molecule has 1 aliphatic heterocycles. The molecular weight excluding hydrogens is 424 g/mol. The second kappa shape index (κ2) is 45.8. The molecule has 18 heteroatoms. The van der Waals surface area contributed by atoms with Crippen LogP contribution in [0.4, 0.5) is 0 Å². The Kier molecular flexibility index (Phi) is 76.1. The summed E-state index contributed by atoms with van der Waals surface area (Å²) in [5.41, 5.74) is 1.32. The summed E-state index contributed by atoms with van der Waals surface area (Å²) in [6.07, 6.45) is 0.945.